The number of nitrogens with one attached hydrogen (secondary N) is 1. The van der Waals surface area contributed by atoms with Crippen LogP contribution in [-0.4, -0.2) is 59.0 Å². The Morgan fingerprint density at radius 3 is 2.68 bits per heavy atom. The predicted molar refractivity (Wildman–Crippen MR) is 134 cm³/mol. The Hall–Kier alpha value is -4.64. The van der Waals surface area contributed by atoms with Gasteiger partial charge in [0.1, 0.15) is 11.3 Å². The van der Waals surface area contributed by atoms with Crippen LogP contribution in [0.15, 0.2) is 71.6 Å². The number of anilines is 1. The summed E-state index contributed by atoms with van der Waals surface area (Å²) in [7, 11) is 1.64. The predicted octanol–water partition coefficient (Wildman–Crippen LogP) is 3.06. The number of carbonyl (C=O) groups is 1. The molecule has 1 amide bonds. The van der Waals surface area contributed by atoms with Crippen molar-refractivity contribution in [3.05, 3.63) is 78.6 Å². The van der Waals surface area contributed by atoms with E-state index in [2.05, 4.69) is 30.4 Å². The summed E-state index contributed by atoms with van der Waals surface area (Å²) in [5.41, 5.74) is 2.34. The van der Waals surface area contributed by atoms with E-state index in [1.165, 1.54) is 4.90 Å². The fourth-order valence-corrected chi connectivity index (χ4v) is 4.50. The van der Waals surface area contributed by atoms with Gasteiger partial charge in [-0.3, -0.25) is 4.79 Å². The molecule has 2 N–H and O–H groups in total. The number of likely N-dealkylation sites (N-methyl/N-ethyl adjacent to an activating group) is 1. The highest BCUT2D eigenvalue weighted by molar-refractivity contribution is 5.87. The van der Waals surface area contributed by atoms with Crippen molar-refractivity contribution < 1.29 is 14.4 Å². The summed E-state index contributed by atoms with van der Waals surface area (Å²) in [5, 5.41) is 18.2. The minimum Gasteiger partial charge on any atom is -0.373 e. The van der Waals surface area contributed by atoms with Crippen LogP contribution in [-0.2, 0) is 10.4 Å². The number of pyridine rings is 2. The Balaban J connectivity index is 1.25. The molecule has 0 aliphatic carbocycles. The molecule has 0 saturated carbocycles. The van der Waals surface area contributed by atoms with Gasteiger partial charge in [-0.1, -0.05) is 17.3 Å². The highest BCUT2D eigenvalue weighted by Crippen LogP contribution is 2.34. The molecule has 6 heterocycles. The monoisotopic (exact) mass is 496 g/mol. The fraction of sp³-hybridized carbons (Fsp3) is 0.231. The normalized spacial score (nSPS) is 18.5. The number of hydrogen-bond donors (Lipinski definition) is 2. The van der Waals surface area contributed by atoms with Gasteiger partial charge < -0.3 is 24.2 Å². The maximum absolute atomic E-state index is 12.4. The maximum atomic E-state index is 12.4. The second-order valence-corrected chi connectivity index (χ2v) is 9.06. The molecular weight excluding hydrogens is 472 g/mol. The third kappa shape index (κ3) is 3.99. The van der Waals surface area contributed by atoms with E-state index in [0.717, 1.165) is 11.3 Å². The van der Waals surface area contributed by atoms with Crippen LogP contribution >= 0.6 is 0 Å². The van der Waals surface area contributed by atoms with Gasteiger partial charge in [-0.15, -0.1) is 0 Å². The van der Waals surface area contributed by atoms with Gasteiger partial charge >= 0.3 is 0 Å². The van der Waals surface area contributed by atoms with E-state index in [1.807, 2.05) is 54.0 Å². The van der Waals surface area contributed by atoms with Gasteiger partial charge in [0.05, 0.1) is 35.0 Å². The molecule has 1 fully saturated rings. The second-order valence-electron chi connectivity index (χ2n) is 9.06. The summed E-state index contributed by atoms with van der Waals surface area (Å²) in [6.07, 6.45) is 5.72. The van der Waals surface area contributed by atoms with Crippen molar-refractivity contribution >= 4 is 17.5 Å². The molecule has 0 radical (unpaired) electrons. The average molecular weight is 497 g/mol. The van der Waals surface area contributed by atoms with Gasteiger partial charge in [-0.2, -0.15) is 0 Å². The highest BCUT2D eigenvalue weighted by Gasteiger charge is 2.48. The lowest BCUT2D eigenvalue weighted by atomic mass is 9.98. The third-order valence-electron chi connectivity index (χ3n) is 6.59. The number of rotatable bonds is 6. The molecule has 11 heteroatoms. The first-order valence-corrected chi connectivity index (χ1v) is 11.9. The van der Waals surface area contributed by atoms with E-state index < -0.39 is 11.5 Å². The van der Waals surface area contributed by atoms with Crippen molar-refractivity contribution in [3.63, 3.8) is 0 Å². The number of imidazole rings is 1. The summed E-state index contributed by atoms with van der Waals surface area (Å²) in [6, 6.07) is 14.6. The molecule has 5 aromatic rings. The molecule has 11 nitrogen and oxygen atoms in total. The van der Waals surface area contributed by atoms with Crippen LogP contribution in [0.5, 0.6) is 0 Å². The van der Waals surface area contributed by atoms with E-state index >= 15 is 0 Å². The Bertz CT molecular complexity index is 1610. The molecule has 2 atom stereocenters. The number of aromatic nitrogens is 6. The smallest absolute Gasteiger partial charge is 0.262 e. The Kier molecular flexibility index (Phi) is 5.41. The number of carbonyl (C=O) groups excluding carboxylic acids is 1. The standard InChI is InChI=1S/C26H24N8O3/c1-16(21-15-28-23-8-3-4-12-34(21)23)29-25-27-11-9-19(31-25)17-6-5-7-18(30-17)20-14-22(37-32-20)26(36)10-13-33(2)24(26)35/h3-9,11-12,14-16,36H,10,13H2,1-2H3,(H,27,29,31)/t16-,26?/m1/s1. The molecule has 37 heavy (non-hydrogen) atoms. The molecule has 0 spiro atoms. The zero-order valence-corrected chi connectivity index (χ0v) is 20.2. The quantitative estimate of drug-likeness (QED) is 0.364. The lowest BCUT2D eigenvalue weighted by Crippen LogP contribution is -2.35. The molecule has 186 valence electrons. The van der Waals surface area contributed by atoms with Gasteiger partial charge in [0, 0.05) is 38.5 Å². The first-order chi connectivity index (χ1) is 17.9. The molecule has 1 saturated heterocycles. The van der Waals surface area contributed by atoms with Crippen LogP contribution in [0.3, 0.4) is 0 Å². The lowest BCUT2D eigenvalue weighted by Gasteiger charge is -2.16. The largest absolute Gasteiger partial charge is 0.373 e. The zero-order chi connectivity index (χ0) is 25.6. The van der Waals surface area contributed by atoms with E-state index in [1.54, 1.807) is 31.4 Å². The molecular formula is C26H24N8O3. The number of nitrogens with zero attached hydrogens (tertiary/aromatic N) is 7. The molecule has 5 aromatic heterocycles. The first kappa shape index (κ1) is 22.8. The van der Waals surface area contributed by atoms with Crippen molar-refractivity contribution in [2.45, 2.75) is 25.0 Å². The first-order valence-electron chi connectivity index (χ1n) is 11.9. The fourth-order valence-electron chi connectivity index (χ4n) is 4.50. The molecule has 0 bridgehead atoms. The number of amides is 1. The summed E-state index contributed by atoms with van der Waals surface area (Å²) < 4.78 is 7.39. The number of fused-ring (bicyclic) bond motifs is 1. The van der Waals surface area contributed by atoms with E-state index in [-0.39, 0.29) is 18.2 Å². The number of likely N-dealkylation sites (tertiary alicyclic amines) is 1. The van der Waals surface area contributed by atoms with Gasteiger partial charge in [-0.25, -0.2) is 19.9 Å². The topological polar surface area (TPSA) is 135 Å². The van der Waals surface area contributed by atoms with Crippen LogP contribution in [0.2, 0.25) is 0 Å². The van der Waals surface area contributed by atoms with E-state index in [4.69, 9.17) is 4.52 Å². The third-order valence-corrected chi connectivity index (χ3v) is 6.59. The molecule has 6 rings (SSSR count). The number of aliphatic hydroxyl groups is 1. The van der Waals surface area contributed by atoms with Crippen LogP contribution in [0.25, 0.3) is 28.4 Å². The van der Waals surface area contributed by atoms with E-state index in [0.29, 0.717) is 35.3 Å². The van der Waals surface area contributed by atoms with E-state index in [9.17, 15) is 9.90 Å². The van der Waals surface area contributed by atoms with Gasteiger partial charge in [0.2, 0.25) is 11.5 Å². The maximum Gasteiger partial charge on any atom is 0.262 e. The molecule has 1 unspecified atom stereocenters. The Morgan fingerprint density at radius 2 is 1.86 bits per heavy atom. The van der Waals surface area contributed by atoms with Crippen LogP contribution < -0.4 is 5.32 Å². The SMILES string of the molecule is C[C@@H](Nc1nccc(-c2cccc(-c3cc(C4(O)CCN(C)C4=O)on3)n2)n1)c1cnc2ccccn12. The van der Waals surface area contributed by atoms with Crippen LogP contribution in [0, 0.1) is 0 Å². The minimum absolute atomic E-state index is 0.0939. The molecule has 1 aliphatic heterocycles. The van der Waals surface area contributed by atoms with Crippen molar-refractivity contribution in [2.24, 2.45) is 0 Å². The van der Waals surface area contributed by atoms with Crippen LogP contribution in [0.4, 0.5) is 5.95 Å². The van der Waals surface area contributed by atoms with Gasteiger partial charge in [-0.05, 0) is 37.3 Å². The van der Waals surface area contributed by atoms with Crippen molar-refractivity contribution in [1.29, 1.82) is 0 Å². The molecule has 0 aromatic carbocycles. The summed E-state index contributed by atoms with van der Waals surface area (Å²) in [4.78, 5) is 32.0. The lowest BCUT2D eigenvalue weighted by molar-refractivity contribution is -0.144. The van der Waals surface area contributed by atoms with Crippen molar-refractivity contribution in [2.75, 3.05) is 18.9 Å². The molecule has 1 aliphatic rings. The van der Waals surface area contributed by atoms with Gasteiger partial charge in [0.25, 0.3) is 5.91 Å². The summed E-state index contributed by atoms with van der Waals surface area (Å²) >= 11 is 0. The zero-order valence-electron chi connectivity index (χ0n) is 20.2. The minimum atomic E-state index is -1.71. The average Bonchev–Trinajstić information content (AvgIpc) is 3.65. The van der Waals surface area contributed by atoms with Crippen molar-refractivity contribution in [3.8, 4) is 22.8 Å². The van der Waals surface area contributed by atoms with Crippen LogP contribution in [0.1, 0.15) is 30.8 Å². The van der Waals surface area contributed by atoms with Crippen molar-refractivity contribution in [1.82, 2.24) is 34.4 Å². The Labute approximate surface area is 211 Å². The highest BCUT2D eigenvalue weighted by atomic mass is 16.5. The second kappa shape index (κ2) is 8.79. The van der Waals surface area contributed by atoms with Gasteiger partial charge in [0.15, 0.2) is 5.76 Å². The summed E-state index contributed by atoms with van der Waals surface area (Å²) in [5.74, 6) is 0.160. The Morgan fingerprint density at radius 1 is 1.05 bits per heavy atom. The summed E-state index contributed by atoms with van der Waals surface area (Å²) in [6.45, 7) is 2.47. The number of hydrogen-bond acceptors (Lipinski definition) is 9.